The van der Waals surface area contributed by atoms with E-state index in [0.717, 1.165) is 20.1 Å². The molecule has 1 amide bonds. The van der Waals surface area contributed by atoms with Gasteiger partial charge in [-0.05, 0) is 47.9 Å². The Morgan fingerprint density at radius 2 is 1.57 bits per heavy atom. The van der Waals surface area contributed by atoms with E-state index in [1.165, 1.54) is 4.31 Å². The van der Waals surface area contributed by atoms with Gasteiger partial charge in [0.05, 0.1) is 11.3 Å². The van der Waals surface area contributed by atoms with E-state index in [2.05, 4.69) is 31.9 Å². The van der Waals surface area contributed by atoms with Gasteiger partial charge in [-0.15, -0.1) is 0 Å². The fraction of sp³-hybridized carbons (Fsp3) is 0.350. The van der Waals surface area contributed by atoms with E-state index in [9.17, 15) is 13.2 Å². The highest BCUT2D eigenvalue weighted by molar-refractivity contribution is 9.10. The van der Waals surface area contributed by atoms with Crippen LogP contribution in [-0.2, 0) is 27.7 Å². The Morgan fingerprint density at radius 3 is 2.18 bits per heavy atom. The summed E-state index contributed by atoms with van der Waals surface area (Å²) in [5, 5.41) is 0. The second-order valence-corrected chi connectivity index (χ2v) is 10.4. The summed E-state index contributed by atoms with van der Waals surface area (Å²) in [4.78, 5) is 14.7. The monoisotopic (exact) mass is 528 g/mol. The lowest BCUT2D eigenvalue weighted by molar-refractivity contribution is -0.131. The molecule has 0 aromatic heterocycles. The number of sulfonamides is 1. The molecule has 1 saturated heterocycles. The van der Waals surface area contributed by atoms with Crippen LogP contribution in [0.5, 0.6) is 0 Å². The molecule has 0 spiro atoms. The second kappa shape index (κ2) is 9.07. The van der Waals surface area contributed by atoms with Crippen LogP contribution < -0.4 is 0 Å². The van der Waals surface area contributed by atoms with Crippen LogP contribution in [-0.4, -0.2) is 49.7 Å². The molecule has 28 heavy (non-hydrogen) atoms. The van der Waals surface area contributed by atoms with Crippen molar-refractivity contribution in [2.75, 3.05) is 26.2 Å². The van der Waals surface area contributed by atoms with Gasteiger partial charge in [-0.3, -0.25) is 4.79 Å². The minimum Gasteiger partial charge on any atom is -0.340 e. The van der Waals surface area contributed by atoms with Crippen molar-refractivity contribution in [1.82, 2.24) is 9.21 Å². The summed E-state index contributed by atoms with van der Waals surface area (Å²) in [5.74, 6) is 0.0252. The fourth-order valence-corrected chi connectivity index (χ4v) is 5.65. The van der Waals surface area contributed by atoms with E-state index in [0.29, 0.717) is 43.9 Å². The molecule has 0 radical (unpaired) electrons. The molecule has 0 saturated carbocycles. The predicted molar refractivity (Wildman–Crippen MR) is 117 cm³/mol. The number of piperazine rings is 1. The summed E-state index contributed by atoms with van der Waals surface area (Å²) in [7, 11) is -3.57. The van der Waals surface area contributed by atoms with Gasteiger partial charge in [-0.2, -0.15) is 4.31 Å². The molecule has 1 aliphatic rings. The Bertz CT molecular complexity index is 954. The molecule has 0 atom stereocenters. The zero-order chi connectivity index (χ0) is 20.3. The quantitative estimate of drug-likeness (QED) is 0.591. The molecule has 8 heteroatoms. The number of benzene rings is 2. The average Bonchev–Trinajstić information content (AvgIpc) is 2.69. The molecule has 2 aromatic carbocycles. The first-order valence-electron chi connectivity index (χ1n) is 9.12. The number of hydrogen-bond donors (Lipinski definition) is 0. The van der Waals surface area contributed by atoms with Crippen LogP contribution in [0, 0.1) is 0 Å². The van der Waals surface area contributed by atoms with Crippen LogP contribution in [0.3, 0.4) is 0 Å². The number of aryl methyl sites for hydroxylation is 1. The largest absolute Gasteiger partial charge is 0.340 e. The molecular formula is C20H22Br2N2O3S. The van der Waals surface area contributed by atoms with Gasteiger partial charge in [0.25, 0.3) is 0 Å². The van der Waals surface area contributed by atoms with Crippen molar-refractivity contribution < 1.29 is 13.2 Å². The normalized spacial score (nSPS) is 15.6. The van der Waals surface area contributed by atoms with Crippen LogP contribution in [0.1, 0.15) is 18.1 Å². The van der Waals surface area contributed by atoms with Crippen molar-refractivity contribution in [3.8, 4) is 0 Å². The molecular weight excluding hydrogens is 508 g/mol. The molecule has 0 unspecified atom stereocenters. The second-order valence-electron chi connectivity index (χ2n) is 6.69. The standard InChI is InChI=1S/C20H22Br2N2O3S/c1-2-16-14-18(22)7-8-19(16)28(26,27)24-11-9-23(10-12-24)20(25)13-15-3-5-17(21)6-4-15/h3-8,14H,2,9-13H2,1H3. The Balaban J connectivity index is 1.66. The van der Waals surface area contributed by atoms with Crippen LogP contribution in [0.15, 0.2) is 56.3 Å². The Kier molecular flexibility index (Phi) is 6.96. The van der Waals surface area contributed by atoms with E-state index >= 15 is 0 Å². The van der Waals surface area contributed by atoms with Gasteiger partial charge in [-0.25, -0.2) is 8.42 Å². The predicted octanol–water partition coefficient (Wildman–Crippen LogP) is 3.85. The number of hydrogen-bond acceptors (Lipinski definition) is 3. The van der Waals surface area contributed by atoms with Gasteiger partial charge in [-0.1, -0.05) is 50.9 Å². The molecule has 150 valence electrons. The number of nitrogens with zero attached hydrogens (tertiary/aromatic N) is 2. The van der Waals surface area contributed by atoms with Crippen LogP contribution in [0.25, 0.3) is 0 Å². The maximum atomic E-state index is 13.1. The van der Waals surface area contributed by atoms with Gasteiger partial charge >= 0.3 is 0 Å². The number of halogens is 2. The highest BCUT2D eigenvalue weighted by Crippen LogP contribution is 2.25. The summed E-state index contributed by atoms with van der Waals surface area (Å²) in [5.41, 5.74) is 1.74. The van der Waals surface area contributed by atoms with Crippen molar-refractivity contribution in [1.29, 1.82) is 0 Å². The lowest BCUT2D eigenvalue weighted by atomic mass is 10.1. The SMILES string of the molecule is CCc1cc(Br)ccc1S(=O)(=O)N1CCN(C(=O)Cc2ccc(Br)cc2)CC1. The molecule has 1 aliphatic heterocycles. The summed E-state index contributed by atoms with van der Waals surface area (Å²) in [6.45, 7) is 3.39. The number of rotatable bonds is 5. The Labute approximate surface area is 183 Å². The zero-order valence-corrected chi connectivity index (χ0v) is 19.6. The van der Waals surface area contributed by atoms with E-state index in [4.69, 9.17) is 0 Å². The molecule has 0 bridgehead atoms. The third-order valence-electron chi connectivity index (χ3n) is 4.88. The highest BCUT2D eigenvalue weighted by atomic mass is 79.9. The first-order chi connectivity index (χ1) is 13.3. The molecule has 0 N–H and O–H groups in total. The van der Waals surface area contributed by atoms with Gasteiger partial charge in [0.15, 0.2) is 0 Å². The number of carbonyl (C=O) groups excluding carboxylic acids is 1. The van der Waals surface area contributed by atoms with Crippen molar-refractivity contribution in [2.45, 2.75) is 24.7 Å². The summed E-state index contributed by atoms with van der Waals surface area (Å²) in [6.07, 6.45) is 0.965. The third-order valence-corrected chi connectivity index (χ3v) is 7.90. The van der Waals surface area contributed by atoms with Gasteiger partial charge in [0.2, 0.25) is 15.9 Å². The smallest absolute Gasteiger partial charge is 0.243 e. The van der Waals surface area contributed by atoms with Crippen LogP contribution in [0.2, 0.25) is 0 Å². The summed E-state index contributed by atoms with van der Waals surface area (Å²) >= 11 is 6.79. The molecule has 0 aliphatic carbocycles. The van der Waals surface area contributed by atoms with Crippen molar-refractivity contribution in [3.63, 3.8) is 0 Å². The van der Waals surface area contributed by atoms with E-state index < -0.39 is 10.0 Å². The molecule has 2 aromatic rings. The van der Waals surface area contributed by atoms with E-state index in [1.807, 2.05) is 37.3 Å². The van der Waals surface area contributed by atoms with Crippen LogP contribution in [0.4, 0.5) is 0 Å². The first kappa shape index (κ1) is 21.5. The molecule has 1 fully saturated rings. The summed E-state index contributed by atoms with van der Waals surface area (Å²) in [6, 6.07) is 12.9. The maximum Gasteiger partial charge on any atom is 0.243 e. The van der Waals surface area contributed by atoms with Crippen molar-refractivity contribution >= 4 is 47.8 Å². The average molecular weight is 530 g/mol. The van der Waals surface area contributed by atoms with Crippen LogP contribution >= 0.6 is 31.9 Å². The maximum absolute atomic E-state index is 13.1. The Morgan fingerprint density at radius 1 is 0.964 bits per heavy atom. The first-order valence-corrected chi connectivity index (χ1v) is 12.1. The lowest BCUT2D eigenvalue weighted by Gasteiger charge is -2.34. The van der Waals surface area contributed by atoms with Gasteiger partial charge < -0.3 is 4.90 Å². The number of carbonyl (C=O) groups is 1. The topological polar surface area (TPSA) is 57.7 Å². The zero-order valence-electron chi connectivity index (χ0n) is 15.6. The van der Waals surface area contributed by atoms with Crippen molar-refractivity contribution in [3.05, 3.63) is 62.5 Å². The fourth-order valence-electron chi connectivity index (χ4n) is 3.28. The minimum atomic E-state index is -3.57. The Hall–Kier alpha value is -1.22. The van der Waals surface area contributed by atoms with Gasteiger partial charge in [0, 0.05) is 35.1 Å². The minimum absolute atomic E-state index is 0.0252. The third kappa shape index (κ3) is 4.84. The number of amides is 1. The summed E-state index contributed by atoms with van der Waals surface area (Å²) < 4.78 is 29.5. The molecule has 5 nitrogen and oxygen atoms in total. The highest BCUT2D eigenvalue weighted by Gasteiger charge is 2.31. The molecule has 3 rings (SSSR count). The van der Waals surface area contributed by atoms with E-state index in [1.54, 1.807) is 17.0 Å². The van der Waals surface area contributed by atoms with Crippen molar-refractivity contribution in [2.24, 2.45) is 0 Å². The van der Waals surface area contributed by atoms with E-state index in [-0.39, 0.29) is 5.91 Å². The molecule has 1 heterocycles. The van der Waals surface area contributed by atoms with Gasteiger partial charge in [0.1, 0.15) is 0 Å². The lowest BCUT2D eigenvalue weighted by Crippen LogP contribution is -2.51.